The molecule has 0 atom stereocenters. The Labute approximate surface area is 668 Å². The molecule has 2 aliphatic carbocycles. The van der Waals surface area contributed by atoms with Crippen molar-refractivity contribution in [3.63, 3.8) is 0 Å². The first-order chi connectivity index (χ1) is 56.5. The summed E-state index contributed by atoms with van der Waals surface area (Å²) in [5.74, 6) is 0. The minimum atomic E-state index is -0.553. The number of furan rings is 1. The van der Waals surface area contributed by atoms with E-state index in [0.29, 0.717) is 0 Å². The van der Waals surface area contributed by atoms with Crippen molar-refractivity contribution in [1.29, 1.82) is 0 Å². The Balaban J connectivity index is 0.000000143. The van der Waals surface area contributed by atoms with Gasteiger partial charge in [-0.05, 0) is 220 Å². The van der Waals surface area contributed by atoms with E-state index in [9.17, 15) is 0 Å². The maximum Gasteiger partial charge on any atom is 0.135 e. The quantitative estimate of drug-likeness (QED) is 0.108. The second-order valence-corrected chi connectivity index (χ2v) is 30.8. The number of hydrogen-bond donors (Lipinski definition) is 0. The Kier molecular flexibility index (Phi) is 16.9. The molecule has 18 aromatic carbocycles. The van der Waals surface area contributed by atoms with Crippen LogP contribution >= 0.6 is 11.3 Å². The Morgan fingerprint density at radius 2 is 0.509 bits per heavy atom. The number of thiophene rings is 1. The summed E-state index contributed by atoms with van der Waals surface area (Å²) in [4.78, 5) is 4.77. The predicted molar refractivity (Wildman–Crippen MR) is 479 cm³/mol. The van der Waals surface area contributed by atoms with Crippen molar-refractivity contribution in [2.45, 2.75) is 10.8 Å². The first-order valence-corrected chi connectivity index (χ1v) is 40.0. The lowest BCUT2D eigenvalue weighted by Gasteiger charge is -2.34. The van der Waals surface area contributed by atoms with Crippen LogP contribution in [0.3, 0.4) is 0 Å². The summed E-state index contributed by atoms with van der Waals surface area (Å²) in [5.41, 5.74) is 32.3. The van der Waals surface area contributed by atoms with Crippen molar-refractivity contribution in [2.24, 2.45) is 0 Å². The highest BCUT2D eigenvalue weighted by Crippen LogP contribution is 2.61. The molecule has 0 amide bonds. The lowest BCUT2D eigenvalue weighted by atomic mass is 9.66. The average molecular weight is 1470 g/mol. The fraction of sp³-hybridized carbons (Fsp3) is 0.0182. The molecule has 4 heteroatoms. The van der Waals surface area contributed by atoms with Gasteiger partial charge in [0.2, 0.25) is 0 Å². The van der Waals surface area contributed by atoms with E-state index in [2.05, 4.69) is 459 Å². The van der Waals surface area contributed by atoms with Gasteiger partial charge in [-0.15, -0.1) is 11.3 Å². The highest BCUT2D eigenvalue weighted by atomic mass is 32.1. The van der Waals surface area contributed by atoms with Gasteiger partial charge >= 0.3 is 0 Å². The summed E-state index contributed by atoms with van der Waals surface area (Å²) in [6.45, 7) is 0. The molecule has 0 spiro atoms. The second-order valence-electron chi connectivity index (χ2n) is 29.7. The zero-order valence-corrected chi connectivity index (χ0v) is 63.3. The lowest BCUT2D eigenvalue weighted by Crippen LogP contribution is -2.28. The number of hydrogen-bond acceptors (Lipinski definition) is 4. The third-order valence-corrected chi connectivity index (χ3v) is 24.6. The van der Waals surface area contributed by atoms with E-state index in [4.69, 9.17) is 4.42 Å². The first kappa shape index (κ1) is 67.7. The molecule has 0 unspecified atom stereocenters. The Morgan fingerprint density at radius 1 is 0.193 bits per heavy atom. The topological polar surface area (TPSA) is 19.6 Å². The molecule has 2 aromatic heterocycles. The fourth-order valence-corrected chi connectivity index (χ4v) is 19.7. The first-order valence-electron chi connectivity index (χ1n) is 39.2. The van der Waals surface area contributed by atoms with Crippen LogP contribution in [-0.4, -0.2) is 0 Å². The highest BCUT2D eigenvalue weighted by molar-refractivity contribution is 7.25. The third-order valence-electron chi connectivity index (χ3n) is 23.4. The second kappa shape index (κ2) is 28.5. The summed E-state index contributed by atoms with van der Waals surface area (Å²) in [6, 6.07) is 163. The van der Waals surface area contributed by atoms with Crippen molar-refractivity contribution in [1.82, 2.24) is 0 Å². The molecular formula is C110H74N2OS. The SMILES string of the molecule is c1ccc(-c2cccc(-c3cccc(N(c4ccccc4)c4ccc5oc6cccc(C7(c8ccccc8)c8ccccc8-c8ccccc87)c6c5c4)c3)c2)cc1.c1ccc(-c2cccc(-c3cccc(N(c4ccccc4)c4ccc5sc6cccc(C7(c8ccccc8)c8ccccc8-c8ccccc87)c6c5c4)c3)c2)cc1. The van der Waals surface area contributed by atoms with Crippen LogP contribution in [0.5, 0.6) is 0 Å². The van der Waals surface area contributed by atoms with Gasteiger partial charge < -0.3 is 14.2 Å². The molecule has 0 saturated heterocycles. The molecule has 0 radical (unpaired) electrons. The van der Waals surface area contributed by atoms with Crippen molar-refractivity contribution in [3.8, 4) is 66.8 Å². The summed E-state index contributed by atoms with van der Waals surface area (Å²) in [7, 11) is 0. The van der Waals surface area contributed by atoms with E-state index in [1.807, 2.05) is 11.3 Å². The molecule has 22 rings (SSSR count). The molecule has 3 nitrogen and oxygen atoms in total. The minimum Gasteiger partial charge on any atom is -0.456 e. The van der Waals surface area contributed by atoms with Crippen molar-refractivity contribution < 1.29 is 4.42 Å². The summed E-state index contributed by atoms with van der Waals surface area (Å²) >= 11 is 1.88. The fourth-order valence-electron chi connectivity index (χ4n) is 18.6. The maximum atomic E-state index is 6.76. The molecule has 0 aliphatic heterocycles. The van der Waals surface area contributed by atoms with Crippen LogP contribution in [-0.2, 0) is 10.8 Å². The lowest BCUT2D eigenvalue weighted by molar-refractivity contribution is 0.667. The number of anilines is 6. The summed E-state index contributed by atoms with van der Waals surface area (Å²) in [6.07, 6.45) is 0. The molecule has 2 aliphatic rings. The number of benzene rings is 18. The summed E-state index contributed by atoms with van der Waals surface area (Å²) in [5, 5.41) is 4.80. The van der Waals surface area contributed by atoms with E-state index < -0.39 is 10.8 Å². The van der Waals surface area contributed by atoms with Crippen molar-refractivity contribution in [2.75, 3.05) is 9.80 Å². The zero-order valence-electron chi connectivity index (χ0n) is 62.4. The number of para-hydroxylation sites is 2. The van der Waals surface area contributed by atoms with E-state index in [0.717, 1.165) is 61.6 Å². The molecule has 0 saturated carbocycles. The number of fused-ring (bicyclic) bond motifs is 12. The molecule has 0 N–H and O–H groups in total. The molecule has 114 heavy (non-hydrogen) atoms. The van der Waals surface area contributed by atoms with Gasteiger partial charge in [0.25, 0.3) is 0 Å². The molecule has 0 bridgehead atoms. The molecular weight excluding hydrogens is 1400 g/mol. The monoisotopic (exact) mass is 1470 g/mol. The van der Waals surface area contributed by atoms with Crippen molar-refractivity contribution in [3.05, 3.63) is 493 Å². The highest BCUT2D eigenvalue weighted by Gasteiger charge is 2.49. The Bertz CT molecular complexity index is 6480. The molecule has 20 aromatic rings. The van der Waals surface area contributed by atoms with Crippen LogP contribution in [0.25, 0.3) is 109 Å². The van der Waals surface area contributed by atoms with Gasteiger partial charge in [0.05, 0.1) is 10.8 Å². The van der Waals surface area contributed by atoms with E-state index in [1.165, 1.54) is 126 Å². The van der Waals surface area contributed by atoms with Gasteiger partial charge in [-0.1, -0.05) is 340 Å². The predicted octanol–water partition coefficient (Wildman–Crippen LogP) is 30.0. The van der Waals surface area contributed by atoms with Gasteiger partial charge in [-0.25, -0.2) is 0 Å². The standard InChI is InChI=1S/C55H37NO.C55H37NS/c2*1-4-17-38(18-5-1)39-19-14-20-40(35-39)41-21-15-26-44(36-41)56(43-24-8-3-9-25-43)45-33-34-52-48(37-45)54-51(31-16-32-53(54)57-52)55(42-22-6-2-7-23-42)49-29-12-10-27-46(49)47-28-11-13-30-50(47)55/h2*1-37H. The normalized spacial score (nSPS) is 12.7. The third kappa shape index (κ3) is 11.3. The Hall–Kier alpha value is -14.4. The van der Waals surface area contributed by atoms with Crippen LogP contribution in [0.2, 0.25) is 0 Å². The van der Waals surface area contributed by atoms with E-state index >= 15 is 0 Å². The van der Waals surface area contributed by atoms with E-state index in [-0.39, 0.29) is 0 Å². The van der Waals surface area contributed by atoms with Crippen LogP contribution in [0.1, 0.15) is 44.5 Å². The van der Waals surface area contributed by atoms with Crippen molar-refractivity contribution >= 4 is 87.6 Å². The number of nitrogens with zero attached hydrogens (tertiary/aromatic N) is 2. The number of rotatable bonds is 14. The smallest absolute Gasteiger partial charge is 0.135 e. The largest absolute Gasteiger partial charge is 0.456 e. The van der Waals surface area contributed by atoms with Gasteiger partial charge in [-0.3, -0.25) is 0 Å². The van der Waals surface area contributed by atoms with Gasteiger partial charge in [0.15, 0.2) is 0 Å². The van der Waals surface area contributed by atoms with Crippen LogP contribution in [0.4, 0.5) is 34.1 Å². The van der Waals surface area contributed by atoms with Crippen LogP contribution < -0.4 is 9.80 Å². The molecule has 0 fully saturated rings. The Morgan fingerprint density at radius 3 is 0.965 bits per heavy atom. The van der Waals surface area contributed by atoms with Crippen LogP contribution in [0.15, 0.2) is 453 Å². The molecule has 2 heterocycles. The average Bonchev–Trinajstić information content (AvgIpc) is 1.53. The van der Waals surface area contributed by atoms with Gasteiger partial charge in [0.1, 0.15) is 11.2 Å². The van der Waals surface area contributed by atoms with Gasteiger partial charge in [0, 0.05) is 65.1 Å². The minimum absolute atomic E-state index is 0.486. The zero-order chi connectivity index (χ0) is 75.5. The molecule has 536 valence electrons. The van der Waals surface area contributed by atoms with Gasteiger partial charge in [-0.2, -0.15) is 0 Å². The van der Waals surface area contributed by atoms with E-state index in [1.54, 1.807) is 0 Å². The maximum absolute atomic E-state index is 6.76. The van der Waals surface area contributed by atoms with Crippen LogP contribution in [0, 0.1) is 0 Å². The summed E-state index contributed by atoms with van der Waals surface area (Å²) < 4.78 is 9.34.